The summed E-state index contributed by atoms with van der Waals surface area (Å²) in [5.74, 6) is -0.171. The van der Waals surface area contributed by atoms with Gasteiger partial charge in [0.15, 0.2) is 17.3 Å². The fraction of sp³-hybridized carbons (Fsp3) is 0.273. The Morgan fingerprint density at radius 2 is 1.89 bits per heavy atom. The monoisotopic (exact) mass is 397 g/mol. The van der Waals surface area contributed by atoms with E-state index < -0.39 is 0 Å². The van der Waals surface area contributed by atoms with E-state index in [9.17, 15) is 14.7 Å². The maximum Gasteiger partial charge on any atom is 0.225 e. The van der Waals surface area contributed by atoms with Crippen molar-refractivity contribution in [3.8, 4) is 11.5 Å². The molecule has 6 heteroatoms. The summed E-state index contributed by atoms with van der Waals surface area (Å²) >= 11 is 6.33. The van der Waals surface area contributed by atoms with E-state index in [1.54, 1.807) is 12.1 Å². The molecule has 0 spiro atoms. The van der Waals surface area contributed by atoms with Gasteiger partial charge in [-0.05, 0) is 41.7 Å². The lowest BCUT2D eigenvalue weighted by Crippen LogP contribution is -2.38. The van der Waals surface area contributed by atoms with Crippen LogP contribution in [0.15, 0.2) is 53.7 Å². The first-order valence-corrected chi connectivity index (χ1v) is 9.53. The molecule has 0 radical (unpaired) electrons. The summed E-state index contributed by atoms with van der Waals surface area (Å²) in [5, 5.41) is 13.4. The number of benzene rings is 2. The number of carbonyl (C=O) groups excluding carboxylic acids is 2. The van der Waals surface area contributed by atoms with E-state index in [-0.39, 0.29) is 35.7 Å². The zero-order chi connectivity index (χ0) is 19.8. The third-order valence-corrected chi connectivity index (χ3v) is 5.83. The van der Waals surface area contributed by atoms with E-state index in [1.807, 2.05) is 24.3 Å². The summed E-state index contributed by atoms with van der Waals surface area (Å²) in [6, 6.07) is 12.5. The Labute approximate surface area is 168 Å². The summed E-state index contributed by atoms with van der Waals surface area (Å²) in [7, 11) is 1.47. The number of phenols is 1. The molecule has 0 fully saturated rings. The number of nitrogens with one attached hydrogen (secondary N) is 1. The van der Waals surface area contributed by atoms with Gasteiger partial charge in [0.05, 0.1) is 7.11 Å². The van der Waals surface area contributed by atoms with Gasteiger partial charge in [-0.3, -0.25) is 9.59 Å². The van der Waals surface area contributed by atoms with Crippen LogP contribution >= 0.6 is 11.6 Å². The van der Waals surface area contributed by atoms with Crippen molar-refractivity contribution in [2.45, 2.75) is 31.1 Å². The van der Waals surface area contributed by atoms with E-state index >= 15 is 0 Å². The molecule has 2 atom stereocenters. The molecule has 4 rings (SSSR count). The molecule has 0 saturated carbocycles. The number of hydrogen-bond acceptors (Lipinski definition) is 4. The van der Waals surface area contributed by atoms with Crippen LogP contribution in [0, 0.1) is 0 Å². The Morgan fingerprint density at radius 3 is 2.64 bits per heavy atom. The third kappa shape index (κ3) is 3.27. The zero-order valence-corrected chi connectivity index (χ0v) is 16.1. The number of methoxy groups -OCH3 is 1. The molecule has 0 saturated heterocycles. The van der Waals surface area contributed by atoms with Gasteiger partial charge in [-0.1, -0.05) is 35.9 Å². The highest BCUT2D eigenvalue weighted by molar-refractivity contribution is 6.31. The number of allylic oxidation sites excluding steroid dienone is 2. The Balaban J connectivity index is 1.74. The van der Waals surface area contributed by atoms with Crippen molar-refractivity contribution in [3.63, 3.8) is 0 Å². The molecule has 1 heterocycles. The molecule has 144 valence electrons. The standard InChI is InChI=1S/C22H20ClNO4/c1-28-20-10-12(6-7-18(20)25)15-11-21(27)24-17-8-13(9-19(26)22(15)17)14-4-2-3-5-16(14)23/h2-7,10,13,15,25H,8-9,11H2,1H3,(H,24,27). The number of Topliss-reactive ketones (excluding diaryl/α,β-unsaturated/α-hetero) is 1. The molecule has 1 amide bonds. The number of rotatable bonds is 3. The number of phenolic OH excluding ortho intramolecular Hbond substituents is 1. The Morgan fingerprint density at radius 1 is 1.11 bits per heavy atom. The fourth-order valence-corrected chi connectivity index (χ4v) is 4.47. The molecule has 2 unspecified atom stereocenters. The smallest absolute Gasteiger partial charge is 0.225 e. The molecule has 2 N–H and O–H groups in total. The molecule has 28 heavy (non-hydrogen) atoms. The van der Waals surface area contributed by atoms with Gasteiger partial charge >= 0.3 is 0 Å². The first-order chi connectivity index (χ1) is 13.5. The van der Waals surface area contributed by atoms with Crippen molar-refractivity contribution in [1.82, 2.24) is 5.32 Å². The molecular formula is C22H20ClNO4. The van der Waals surface area contributed by atoms with E-state index in [1.165, 1.54) is 13.2 Å². The van der Waals surface area contributed by atoms with Gasteiger partial charge in [0.25, 0.3) is 0 Å². The van der Waals surface area contributed by atoms with Crippen molar-refractivity contribution in [1.29, 1.82) is 0 Å². The second kappa shape index (κ2) is 7.32. The number of ether oxygens (including phenoxy) is 1. The molecule has 0 bridgehead atoms. The minimum atomic E-state index is -0.349. The van der Waals surface area contributed by atoms with E-state index in [4.69, 9.17) is 16.3 Å². The van der Waals surface area contributed by atoms with Crippen LogP contribution in [-0.2, 0) is 9.59 Å². The number of ketones is 1. The number of aromatic hydroxyl groups is 1. The molecular weight excluding hydrogens is 378 g/mol. The van der Waals surface area contributed by atoms with Crippen molar-refractivity contribution < 1.29 is 19.4 Å². The minimum Gasteiger partial charge on any atom is -0.504 e. The van der Waals surface area contributed by atoms with Crippen molar-refractivity contribution in [2.75, 3.05) is 7.11 Å². The van der Waals surface area contributed by atoms with Crippen LogP contribution in [0.1, 0.15) is 42.2 Å². The Hall–Kier alpha value is -2.79. The second-order valence-corrected chi connectivity index (χ2v) is 7.59. The van der Waals surface area contributed by atoms with Gasteiger partial charge in [-0.15, -0.1) is 0 Å². The first-order valence-electron chi connectivity index (χ1n) is 9.15. The maximum absolute atomic E-state index is 13.1. The average molecular weight is 398 g/mol. The predicted molar refractivity (Wildman–Crippen MR) is 106 cm³/mol. The zero-order valence-electron chi connectivity index (χ0n) is 15.4. The van der Waals surface area contributed by atoms with Crippen LogP contribution in [0.5, 0.6) is 11.5 Å². The largest absolute Gasteiger partial charge is 0.504 e. The minimum absolute atomic E-state index is 0.0169. The van der Waals surface area contributed by atoms with Gasteiger partial charge < -0.3 is 15.2 Å². The highest BCUT2D eigenvalue weighted by Gasteiger charge is 2.38. The van der Waals surface area contributed by atoms with Gasteiger partial charge in [0, 0.05) is 35.1 Å². The van der Waals surface area contributed by atoms with E-state index in [2.05, 4.69) is 5.32 Å². The summed E-state index contributed by atoms with van der Waals surface area (Å²) in [6.07, 6.45) is 1.10. The summed E-state index contributed by atoms with van der Waals surface area (Å²) in [5.41, 5.74) is 3.03. The topological polar surface area (TPSA) is 75.6 Å². The highest BCUT2D eigenvalue weighted by atomic mass is 35.5. The van der Waals surface area contributed by atoms with Crippen LogP contribution in [0.2, 0.25) is 5.02 Å². The van der Waals surface area contributed by atoms with Gasteiger partial charge in [-0.2, -0.15) is 0 Å². The SMILES string of the molecule is COc1cc(C2CC(=O)NC3=C2C(=O)CC(c2ccccc2Cl)C3)ccc1O. The lowest BCUT2D eigenvalue weighted by Gasteiger charge is -2.34. The van der Waals surface area contributed by atoms with Crippen LogP contribution < -0.4 is 10.1 Å². The molecule has 0 aromatic heterocycles. The first kappa shape index (κ1) is 18.6. The van der Waals surface area contributed by atoms with Crippen molar-refractivity contribution in [2.24, 2.45) is 0 Å². The second-order valence-electron chi connectivity index (χ2n) is 7.18. The van der Waals surface area contributed by atoms with Crippen molar-refractivity contribution >= 4 is 23.3 Å². The molecule has 2 aromatic carbocycles. The lowest BCUT2D eigenvalue weighted by atomic mass is 9.73. The van der Waals surface area contributed by atoms with Crippen molar-refractivity contribution in [3.05, 3.63) is 69.9 Å². The molecule has 2 aliphatic rings. The normalized spacial score (nSPS) is 21.9. The Kier molecular flexibility index (Phi) is 4.85. The lowest BCUT2D eigenvalue weighted by molar-refractivity contribution is -0.122. The number of halogens is 1. The molecule has 2 aromatic rings. The van der Waals surface area contributed by atoms with Crippen LogP contribution in [0.3, 0.4) is 0 Å². The average Bonchev–Trinajstić information content (AvgIpc) is 2.67. The fourth-order valence-electron chi connectivity index (χ4n) is 4.18. The predicted octanol–water partition coefficient (Wildman–Crippen LogP) is 4.06. The number of hydrogen-bond donors (Lipinski definition) is 2. The molecule has 1 aliphatic carbocycles. The highest BCUT2D eigenvalue weighted by Crippen LogP contribution is 2.44. The summed E-state index contributed by atoms with van der Waals surface area (Å²) < 4.78 is 5.19. The molecule has 5 nitrogen and oxygen atoms in total. The summed E-state index contributed by atoms with van der Waals surface area (Å²) in [6.45, 7) is 0. The van der Waals surface area contributed by atoms with Crippen LogP contribution in [0.4, 0.5) is 0 Å². The van der Waals surface area contributed by atoms with Crippen LogP contribution in [-0.4, -0.2) is 23.9 Å². The summed E-state index contributed by atoms with van der Waals surface area (Å²) in [4.78, 5) is 25.5. The van der Waals surface area contributed by atoms with Crippen LogP contribution in [0.25, 0.3) is 0 Å². The van der Waals surface area contributed by atoms with Gasteiger partial charge in [-0.25, -0.2) is 0 Å². The Bertz CT molecular complexity index is 998. The van der Waals surface area contributed by atoms with Gasteiger partial charge in [0.2, 0.25) is 5.91 Å². The van der Waals surface area contributed by atoms with Gasteiger partial charge in [0.1, 0.15) is 0 Å². The quantitative estimate of drug-likeness (QED) is 0.819. The maximum atomic E-state index is 13.1. The third-order valence-electron chi connectivity index (χ3n) is 5.49. The van der Waals surface area contributed by atoms with E-state index in [0.29, 0.717) is 34.9 Å². The molecule has 1 aliphatic heterocycles. The number of amides is 1. The van der Waals surface area contributed by atoms with E-state index in [0.717, 1.165) is 11.1 Å². The number of carbonyl (C=O) groups is 2.